The van der Waals surface area contributed by atoms with Crippen molar-refractivity contribution in [2.45, 2.75) is 19.8 Å². The summed E-state index contributed by atoms with van der Waals surface area (Å²) in [6.07, 6.45) is 5.98. The van der Waals surface area contributed by atoms with Gasteiger partial charge in [0, 0.05) is 7.05 Å². The minimum Gasteiger partial charge on any atom is -0.404 e. The van der Waals surface area contributed by atoms with Crippen LogP contribution in [0.1, 0.15) is 19.8 Å². The summed E-state index contributed by atoms with van der Waals surface area (Å²) in [5, 5.41) is 2.87. The monoisotopic (exact) mass is 167 g/mol. The molecule has 0 heterocycles. The molecular formula is C9H17N3. The van der Waals surface area contributed by atoms with Crippen molar-refractivity contribution in [3.8, 4) is 0 Å². The Balaban J connectivity index is 2.71. The Kier molecular flexibility index (Phi) is 2.31. The van der Waals surface area contributed by atoms with Crippen LogP contribution in [0.3, 0.4) is 0 Å². The molecule has 0 aromatic rings. The molecule has 3 nitrogen and oxygen atoms in total. The van der Waals surface area contributed by atoms with Gasteiger partial charge in [-0.05, 0) is 36.1 Å². The van der Waals surface area contributed by atoms with Gasteiger partial charge in [-0.1, -0.05) is 6.92 Å². The Morgan fingerprint density at radius 1 is 1.50 bits per heavy atom. The number of hydrogen-bond acceptors (Lipinski definition) is 3. The van der Waals surface area contributed by atoms with E-state index in [2.05, 4.69) is 12.2 Å². The van der Waals surface area contributed by atoms with Crippen molar-refractivity contribution in [2.24, 2.45) is 16.9 Å². The molecule has 68 valence electrons. The minimum atomic E-state index is 0.288. The van der Waals surface area contributed by atoms with Gasteiger partial charge in [-0.25, -0.2) is 0 Å². The molecule has 0 atom stereocenters. The molecule has 0 radical (unpaired) electrons. The van der Waals surface area contributed by atoms with Gasteiger partial charge in [0.1, 0.15) is 0 Å². The van der Waals surface area contributed by atoms with Gasteiger partial charge in [-0.15, -0.1) is 0 Å². The number of hydrogen-bond donors (Lipinski definition) is 3. The van der Waals surface area contributed by atoms with Gasteiger partial charge in [0.05, 0.1) is 5.82 Å². The average molecular weight is 167 g/mol. The Morgan fingerprint density at radius 3 is 2.42 bits per heavy atom. The van der Waals surface area contributed by atoms with Crippen molar-refractivity contribution >= 4 is 0 Å². The summed E-state index contributed by atoms with van der Waals surface area (Å²) in [5.74, 6) is 0.667. The topological polar surface area (TPSA) is 64.1 Å². The molecule has 0 bridgehead atoms. The summed E-state index contributed by atoms with van der Waals surface area (Å²) >= 11 is 0. The van der Waals surface area contributed by atoms with Gasteiger partial charge in [-0.3, -0.25) is 0 Å². The lowest BCUT2D eigenvalue weighted by Crippen LogP contribution is -2.16. The summed E-state index contributed by atoms with van der Waals surface area (Å²) in [6, 6.07) is 0. The molecule has 12 heavy (non-hydrogen) atoms. The minimum absolute atomic E-state index is 0.288. The third-order valence-electron chi connectivity index (χ3n) is 2.48. The first-order valence-electron chi connectivity index (χ1n) is 4.20. The molecule has 0 saturated heterocycles. The second kappa shape index (κ2) is 3.09. The molecule has 1 rings (SSSR count). The fourth-order valence-corrected chi connectivity index (χ4v) is 1.14. The van der Waals surface area contributed by atoms with Crippen LogP contribution in [0.2, 0.25) is 0 Å². The van der Waals surface area contributed by atoms with Gasteiger partial charge >= 0.3 is 0 Å². The maximum Gasteiger partial charge on any atom is 0.0960 e. The number of nitrogens with one attached hydrogen (secondary N) is 1. The molecule has 0 aliphatic heterocycles. The van der Waals surface area contributed by atoms with Crippen LogP contribution in [0.5, 0.6) is 0 Å². The summed E-state index contributed by atoms with van der Waals surface area (Å²) in [5.41, 5.74) is 12.6. The molecule has 0 amide bonds. The van der Waals surface area contributed by atoms with E-state index < -0.39 is 0 Å². The lowest BCUT2D eigenvalue weighted by Gasteiger charge is -2.10. The molecule has 1 saturated carbocycles. The predicted octanol–water partition coefficient (Wildman–Crippen LogP) is 0.649. The van der Waals surface area contributed by atoms with Crippen molar-refractivity contribution in [1.82, 2.24) is 5.32 Å². The van der Waals surface area contributed by atoms with Crippen LogP contribution in [0.15, 0.2) is 23.7 Å². The van der Waals surface area contributed by atoms with Crippen molar-refractivity contribution in [2.75, 3.05) is 7.05 Å². The summed E-state index contributed by atoms with van der Waals surface area (Å²) < 4.78 is 0. The highest BCUT2D eigenvalue weighted by Crippen LogP contribution is 2.51. The van der Waals surface area contributed by atoms with Crippen LogP contribution in [-0.2, 0) is 0 Å². The number of nitrogens with two attached hydrogens (primary N) is 2. The average Bonchev–Trinajstić information content (AvgIpc) is 2.79. The second-order valence-corrected chi connectivity index (χ2v) is 3.53. The number of rotatable bonds is 3. The van der Waals surface area contributed by atoms with Gasteiger partial charge in [0.15, 0.2) is 0 Å². The van der Waals surface area contributed by atoms with E-state index in [1.807, 2.05) is 6.08 Å². The van der Waals surface area contributed by atoms with Crippen LogP contribution in [0.4, 0.5) is 0 Å². The fraction of sp³-hybridized carbons (Fsp3) is 0.556. The van der Waals surface area contributed by atoms with E-state index in [0.717, 1.165) is 5.57 Å². The van der Waals surface area contributed by atoms with E-state index in [-0.39, 0.29) is 5.41 Å². The lowest BCUT2D eigenvalue weighted by atomic mass is 9.99. The summed E-state index contributed by atoms with van der Waals surface area (Å²) in [6.45, 7) is 2.20. The summed E-state index contributed by atoms with van der Waals surface area (Å²) in [4.78, 5) is 0. The molecule has 0 aromatic heterocycles. The fourth-order valence-electron chi connectivity index (χ4n) is 1.14. The quantitative estimate of drug-likeness (QED) is 0.541. The van der Waals surface area contributed by atoms with Gasteiger partial charge < -0.3 is 16.8 Å². The molecule has 1 aliphatic rings. The highest BCUT2D eigenvalue weighted by Gasteiger charge is 2.39. The van der Waals surface area contributed by atoms with Crippen molar-refractivity contribution in [3.63, 3.8) is 0 Å². The van der Waals surface area contributed by atoms with E-state index in [0.29, 0.717) is 5.82 Å². The van der Waals surface area contributed by atoms with Crippen molar-refractivity contribution in [1.29, 1.82) is 0 Å². The first kappa shape index (κ1) is 8.97. The maximum atomic E-state index is 5.63. The lowest BCUT2D eigenvalue weighted by molar-refractivity contribution is 0.702. The zero-order chi connectivity index (χ0) is 9.19. The molecule has 0 unspecified atom stereocenters. The van der Waals surface area contributed by atoms with Gasteiger partial charge in [0.2, 0.25) is 0 Å². The maximum absolute atomic E-state index is 5.63. The normalized spacial score (nSPS) is 22.2. The van der Waals surface area contributed by atoms with Crippen LogP contribution in [0, 0.1) is 5.41 Å². The van der Waals surface area contributed by atoms with E-state index in [1.165, 1.54) is 12.8 Å². The first-order valence-corrected chi connectivity index (χ1v) is 4.20. The Labute approximate surface area is 73.5 Å². The van der Waals surface area contributed by atoms with Gasteiger partial charge in [-0.2, -0.15) is 0 Å². The van der Waals surface area contributed by atoms with E-state index in [4.69, 9.17) is 11.5 Å². The van der Waals surface area contributed by atoms with Crippen molar-refractivity contribution in [3.05, 3.63) is 23.7 Å². The molecule has 5 N–H and O–H groups in total. The molecular weight excluding hydrogens is 150 g/mol. The molecule has 1 aliphatic carbocycles. The predicted molar refractivity (Wildman–Crippen MR) is 50.9 cm³/mol. The Bertz CT molecular complexity index is 224. The smallest absolute Gasteiger partial charge is 0.0960 e. The molecule has 0 spiro atoms. The van der Waals surface area contributed by atoms with Crippen LogP contribution < -0.4 is 16.8 Å². The standard InChI is InChI=1S/C9H17N3/c1-9(3-4-9)7(6-10)5-8(11)12-2/h5-6,12H,3-4,10-11H2,1-2H3. The Morgan fingerprint density at radius 2 is 2.08 bits per heavy atom. The number of allylic oxidation sites excluding steroid dienone is 2. The largest absolute Gasteiger partial charge is 0.404 e. The summed E-state index contributed by atoms with van der Waals surface area (Å²) in [7, 11) is 1.80. The third-order valence-corrected chi connectivity index (χ3v) is 2.48. The molecule has 3 heteroatoms. The highest BCUT2D eigenvalue weighted by atomic mass is 14.9. The zero-order valence-corrected chi connectivity index (χ0v) is 7.72. The van der Waals surface area contributed by atoms with Crippen LogP contribution in [-0.4, -0.2) is 7.05 Å². The van der Waals surface area contributed by atoms with Crippen LogP contribution in [0.25, 0.3) is 0 Å². The van der Waals surface area contributed by atoms with E-state index in [1.54, 1.807) is 13.2 Å². The molecule has 1 fully saturated rings. The van der Waals surface area contributed by atoms with E-state index >= 15 is 0 Å². The second-order valence-electron chi connectivity index (χ2n) is 3.53. The molecule has 0 aromatic carbocycles. The van der Waals surface area contributed by atoms with E-state index in [9.17, 15) is 0 Å². The Hall–Kier alpha value is -1.12. The first-order chi connectivity index (χ1) is 5.62. The van der Waals surface area contributed by atoms with Crippen LogP contribution >= 0.6 is 0 Å². The highest BCUT2D eigenvalue weighted by molar-refractivity contribution is 5.31. The third kappa shape index (κ3) is 1.72. The zero-order valence-electron chi connectivity index (χ0n) is 7.72. The SMILES string of the molecule is CNC(N)=CC(=CN)C1(C)CC1. The van der Waals surface area contributed by atoms with Gasteiger partial charge in [0.25, 0.3) is 0 Å². The van der Waals surface area contributed by atoms with Crippen molar-refractivity contribution < 1.29 is 0 Å².